The summed E-state index contributed by atoms with van der Waals surface area (Å²) in [7, 11) is 1.63. The van der Waals surface area contributed by atoms with Gasteiger partial charge in [0, 0.05) is 0 Å². The van der Waals surface area contributed by atoms with Crippen molar-refractivity contribution in [2.75, 3.05) is 7.11 Å². The van der Waals surface area contributed by atoms with Gasteiger partial charge < -0.3 is 15.8 Å². The molecule has 0 bridgehead atoms. The molecular formula is C18H21N5O3. The van der Waals surface area contributed by atoms with Gasteiger partial charge in [-0.2, -0.15) is 15.8 Å². The molecule has 8 nitrogen and oxygen atoms in total. The van der Waals surface area contributed by atoms with Crippen molar-refractivity contribution in [2.24, 2.45) is 10.9 Å². The van der Waals surface area contributed by atoms with E-state index >= 15 is 0 Å². The number of nitrogens with one attached hydrogen (secondary N) is 1. The van der Waals surface area contributed by atoms with Crippen LogP contribution >= 0.6 is 0 Å². The fourth-order valence-electron chi connectivity index (χ4n) is 2.24. The summed E-state index contributed by atoms with van der Waals surface area (Å²) >= 11 is 0. The first-order chi connectivity index (χ1) is 12.7. The summed E-state index contributed by atoms with van der Waals surface area (Å²) in [6.45, 7) is 2.40. The molecule has 3 rings (SSSR count). The number of rotatable bonds is 7. The van der Waals surface area contributed by atoms with Crippen molar-refractivity contribution in [3.8, 4) is 5.75 Å². The number of amidine groups is 1. The van der Waals surface area contributed by atoms with Crippen LogP contribution in [0.1, 0.15) is 11.1 Å². The minimum absolute atomic E-state index is 0.208. The Morgan fingerprint density at radius 1 is 1.19 bits per heavy atom. The van der Waals surface area contributed by atoms with Gasteiger partial charge in [0.2, 0.25) is 0 Å². The van der Waals surface area contributed by atoms with Gasteiger partial charge in [0.1, 0.15) is 12.4 Å². The van der Waals surface area contributed by atoms with Crippen molar-refractivity contribution in [2.45, 2.75) is 13.5 Å². The molecule has 0 atom stereocenters. The Kier molecular flexibility index (Phi) is 5.57. The minimum atomic E-state index is 0.208. The number of methoxy groups -OCH3 is 1. The molecular weight excluding hydrogens is 334 g/mol. The van der Waals surface area contributed by atoms with Gasteiger partial charge in [0.15, 0.2) is 11.5 Å². The van der Waals surface area contributed by atoms with Gasteiger partial charge in [-0.05, 0) is 29.8 Å². The van der Waals surface area contributed by atoms with Crippen LogP contribution in [0.5, 0.6) is 5.75 Å². The van der Waals surface area contributed by atoms with Gasteiger partial charge in [0.25, 0.3) is 0 Å². The van der Waals surface area contributed by atoms with Gasteiger partial charge in [-0.25, -0.2) is 0 Å². The lowest BCUT2D eigenvalue weighted by molar-refractivity contribution is -0.864. The number of aryl methyl sites for hydroxylation is 1. The summed E-state index contributed by atoms with van der Waals surface area (Å²) in [6, 6.07) is 15.4. The molecule has 0 fully saturated rings. The van der Waals surface area contributed by atoms with Crippen LogP contribution in [-0.2, 0) is 16.4 Å². The maximum Gasteiger partial charge on any atom is 0.197 e. The summed E-state index contributed by atoms with van der Waals surface area (Å²) in [5.74, 6) is 1.49. The summed E-state index contributed by atoms with van der Waals surface area (Å²) in [5, 5.41) is 8.22. The third-order valence-electron chi connectivity index (χ3n) is 3.69. The van der Waals surface area contributed by atoms with Gasteiger partial charge in [-0.15, -0.1) is 5.69 Å². The molecule has 8 heteroatoms. The molecule has 2 aromatic carbocycles. The highest BCUT2D eigenvalue weighted by atomic mass is 16.8. The molecule has 0 aromatic heterocycles. The van der Waals surface area contributed by atoms with Crippen molar-refractivity contribution < 1.29 is 20.0 Å². The number of nitrogens with two attached hydrogens (primary N) is 2. The van der Waals surface area contributed by atoms with E-state index in [1.54, 1.807) is 7.11 Å². The van der Waals surface area contributed by atoms with Crippen LogP contribution in [0, 0.1) is 6.92 Å². The monoisotopic (exact) mass is 355 g/mol. The number of hydroxylamine groups is 2. The van der Waals surface area contributed by atoms with E-state index in [9.17, 15) is 0 Å². The Morgan fingerprint density at radius 2 is 1.92 bits per heavy atom. The summed E-state index contributed by atoms with van der Waals surface area (Å²) in [4.78, 5) is 10.5. The van der Waals surface area contributed by atoms with E-state index in [4.69, 9.17) is 20.2 Å². The highest BCUT2D eigenvalue weighted by molar-refractivity contribution is 5.97. The highest BCUT2D eigenvalue weighted by Gasteiger charge is 2.16. The second kappa shape index (κ2) is 8.24. The molecule has 26 heavy (non-hydrogen) atoms. The van der Waals surface area contributed by atoms with Crippen molar-refractivity contribution in [1.82, 2.24) is 5.48 Å². The fraction of sp³-hybridized carbons (Fsp3) is 0.167. The van der Waals surface area contributed by atoms with E-state index in [2.05, 4.69) is 16.0 Å². The van der Waals surface area contributed by atoms with E-state index in [0.29, 0.717) is 18.1 Å². The van der Waals surface area contributed by atoms with Crippen molar-refractivity contribution >= 4 is 11.5 Å². The van der Waals surface area contributed by atoms with Gasteiger partial charge >= 0.3 is 0 Å². The first-order valence-electron chi connectivity index (χ1n) is 8.02. The Labute approximate surface area is 151 Å². The second-order valence-electron chi connectivity index (χ2n) is 5.65. The molecule has 0 aliphatic carbocycles. The van der Waals surface area contributed by atoms with Crippen LogP contribution in [0.25, 0.3) is 5.32 Å². The van der Waals surface area contributed by atoms with E-state index in [0.717, 1.165) is 22.6 Å². The van der Waals surface area contributed by atoms with E-state index in [-0.39, 0.29) is 5.84 Å². The van der Waals surface area contributed by atoms with Crippen LogP contribution in [0.15, 0.2) is 65.2 Å². The lowest BCUT2D eigenvalue weighted by atomic mass is 10.2. The molecule has 136 valence electrons. The van der Waals surface area contributed by atoms with Crippen LogP contribution in [0.4, 0.5) is 5.69 Å². The first kappa shape index (κ1) is 17.6. The molecule has 1 aliphatic heterocycles. The third kappa shape index (κ3) is 4.44. The predicted octanol–water partition coefficient (Wildman–Crippen LogP) is 1.68. The normalized spacial score (nSPS) is 14.9. The lowest BCUT2D eigenvalue weighted by Crippen LogP contribution is -2.81. The molecule has 5 N–H and O–H groups in total. The SMILES string of the molecule is COc1ccc(CO[NH2+]C([N-]c2ccc(C)cc2)=C2NON=C2N)cc1. The number of nitrogens with zero attached hydrogens (tertiary/aromatic N) is 2. The fourth-order valence-corrected chi connectivity index (χ4v) is 2.24. The predicted molar refractivity (Wildman–Crippen MR) is 96.8 cm³/mol. The highest BCUT2D eigenvalue weighted by Crippen LogP contribution is 2.23. The molecule has 0 saturated heterocycles. The molecule has 0 radical (unpaired) electrons. The zero-order valence-electron chi connectivity index (χ0n) is 14.6. The van der Waals surface area contributed by atoms with Gasteiger partial charge in [-0.3, -0.25) is 4.94 Å². The number of hydrogen-bond acceptors (Lipinski definition) is 6. The quantitative estimate of drug-likeness (QED) is 0.655. The molecule has 1 heterocycles. The topological polar surface area (TPSA) is 109 Å². The summed E-state index contributed by atoms with van der Waals surface area (Å²) < 4.78 is 5.15. The Hall–Kier alpha value is -3.23. The van der Waals surface area contributed by atoms with Crippen molar-refractivity contribution in [3.63, 3.8) is 0 Å². The molecule has 0 saturated carbocycles. The number of benzene rings is 2. The van der Waals surface area contributed by atoms with E-state index in [1.807, 2.05) is 55.5 Å². The van der Waals surface area contributed by atoms with Crippen LogP contribution in [0.2, 0.25) is 0 Å². The smallest absolute Gasteiger partial charge is 0.197 e. The van der Waals surface area contributed by atoms with Crippen LogP contribution < -0.4 is 21.4 Å². The molecule has 1 aliphatic rings. The Balaban J connectivity index is 1.67. The van der Waals surface area contributed by atoms with Crippen molar-refractivity contribution in [3.05, 3.63) is 76.5 Å². The average Bonchev–Trinajstić information content (AvgIpc) is 3.09. The molecule has 0 spiro atoms. The summed E-state index contributed by atoms with van der Waals surface area (Å²) in [5.41, 5.74) is 13.4. The summed E-state index contributed by atoms with van der Waals surface area (Å²) in [6.07, 6.45) is 0. The molecule has 0 amide bonds. The second-order valence-corrected chi connectivity index (χ2v) is 5.65. The minimum Gasteiger partial charge on any atom is -0.606 e. The average molecular weight is 355 g/mol. The van der Waals surface area contributed by atoms with Gasteiger partial charge in [0.05, 0.1) is 12.9 Å². The van der Waals surface area contributed by atoms with Crippen molar-refractivity contribution in [1.29, 1.82) is 0 Å². The van der Waals surface area contributed by atoms with Crippen LogP contribution in [-0.4, -0.2) is 12.9 Å². The zero-order valence-corrected chi connectivity index (χ0v) is 14.6. The Morgan fingerprint density at radius 3 is 2.54 bits per heavy atom. The number of hydrogen-bond donors (Lipinski definition) is 3. The van der Waals surface area contributed by atoms with Gasteiger partial charge in [-0.1, -0.05) is 42.0 Å². The number of oxime groups is 1. The van der Waals surface area contributed by atoms with Crippen LogP contribution in [0.3, 0.4) is 0 Å². The number of quaternary nitrogens is 1. The standard InChI is InChI=1S/C18H20N5O3/c1-12-3-7-14(8-4-12)20-18(16-17(19)22-26-21-16)23-25-11-13-5-9-15(24-2)10-6-13/h3-10,21,23H,11H2,1-2H3,(H2,19,22)/q-1/p+1. The number of ether oxygens (including phenoxy) is 1. The lowest BCUT2D eigenvalue weighted by Gasteiger charge is -2.23. The first-order valence-corrected chi connectivity index (χ1v) is 8.02. The maximum atomic E-state index is 5.83. The van der Waals surface area contributed by atoms with E-state index in [1.165, 1.54) is 5.48 Å². The molecule has 0 unspecified atom stereocenters. The third-order valence-corrected chi connectivity index (χ3v) is 3.69. The zero-order chi connectivity index (χ0) is 18.4. The Bertz CT molecular complexity index is 801. The molecule has 2 aromatic rings. The largest absolute Gasteiger partial charge is 0.606 e. The van der Waals surface area contributed by atoms with E-state index < -0.39 is 0 Å². The maximum absolute atomic E-state index is 5.83.